The molecule has 56 heavy (non-hydrogen) atoms. The molecule has 1 N–H and O–H groups in total. The quantitative estimate of drug-likeness (QED) is 0.211. The molecule has 2 amide bonds. The molecule has 0 aromatic carbocycles. The molecule has 12 nitrogen and oxygen atoms in total. The van der Waals surface area contributed by atoms with E-state index in [2.05, 4.69) is 23.2 Å². The van der Waals surface area contributed by atoms with Gasteiger partial charge in [0.1, 0.15) is 17.5 Å². The van der Waals surface area contributed by atoms with Crippen molar-refractivity contribution in [3.63, 3.8) is 0 Å². The standard InChI is InChI=1S/C43H59N3O9S/c1-8-28-18-26(3)12-10-11-13-29-22-43(29,41(50)45-56(51,52)31-15-16-31)23-36(47)35-20-30(25-46(35)40(49)33(28)21-38(48)55-42(5,6)7)54-39-32-17-14-27(4)19-34(32)37(24-44-39)53-9-2/h11,13-14,17,24,26,28-31,33,35H,4,8-10,12,15-16,18-23,25H2,1-3,5-7H3,(H,45,50)/b13-11-/t26-,28-,29-,30-,33+,35+,43-/m1/s1. The van der Waals surface area contributed by atoms with Crippen LogP contribution in [0, 0.1) is 29.1 Å². The second-order valence-corrected chi connectivity index (χ2v) is 19.6. The van der Waals surface area contributed by atoms with E-state index in [-0.39, 0.29) is 55.3 Å². The summed E-state index contributed by atoms with van der Waals surface area (Å²) in [5.41, 5.74) is 0.544. The van der Waals surface area contributed by atoms with Crippen molar-refractivity contribution in [2.24, 2.45) is 29.1 Å². The number of esters is 1. The third-order valence-corrected chi connectivity index (χ3v) is 13.7. The molecule has 6 rings (SSSR count). The van der Waals surface area contributed by atoms with Crippen LogP contribution < -0.4 is 14.2 Å². The number of ketones is 1. The van der Waals surface area contributed by atoms with Crippen molar-refractivity contribution in [2.75, 3.05) is 13.2 Å². The number of aromatic nitrogens is 1. The summed E-state index contributed by atoms with van der Waals surface area (Å²) in [6, 6.07) is -0.975. The highest BCUT2D eigenvalue weighted by Gasteiger charge is 2.61. The van der Waals surface area contributed by atoms with E-state index >= 15 is 4.79 Å². The number of ether oxygens (including phenoxy) is 3. The maximum Gasteiger partial charge on any atom is 0.307 e. The average Bonchev–Trinajstić information content (AvgIpc) is 4.05. The van der Waals surface area contributed by atoms with E-state index in [1.165, 1.54) is 0 Å². The summed E-state index contributed by atoms with van der Waals surface area (Å²) in [5.74, 6) is -1.86. The van der Waals surface area contributed by atoms with E-state index in [1.807, 2.05) is 38.2 Å². The number of hydrogen-bond donors (Lipinski definition) is 1. The number of hydrogen-bond acceptors (Lipinski definition) is 10. The summed E-state index contributed by atoms with van der Waals surface area (Å²) in [4.78, 5) is 63.2. The minimum absolute atomic E-state index is 0.0602. The Balaban J connectivity index is 1.36. The molecular weight excluding hydrogens is 735 g/mol. The van der Waals surface area contributed by atoms with Crippen LogP contribution in [0.5, 0.6) is 11.6 Å². The highest BCUT2D eigenvalue weighted by atomic mass is 32.2. The first-order chi connectivity index (χ1) is 26.4. The van der Waals surface area contributed by atoms with Crippen LogP contribution in [0.4, 0.5) is 0 Å². The summed E-state index contributed by atoms with van der Waals surface area (Å²) in [5, 5.41) is -0.598. The van der Waals surface area contributed by atoms with Crippen molar-refractivity contribution in [2.45, 2.75) is 135 Å². The van der Waals surface area contributed by atoms with Crippen molar-refractivity contribution < 1.29 is 41.8 Å². The van der Waals surface area contributed by atoms with E-state index < -0.39 is 56.2 Å². The fourth-order valence-electron chi connectivity index (χ4n) is 8.71. The van der Waals surface area contributed by atoms with Gasteiger partial charge in [-0.3, -0.25) is 23.9 Å². The van der Waals surface area contributed by atoms with Crippen molar-refractivity contribution in [1.29, 1.82) is 0 Å². The molecule has 3 heterocycles. The Labute approximate surface area is 331 Å². The predicted molar refractivity (Wildman–Crippen MR) is 212 cm³/mol. The monoisotopic (exact) mass is 793 g/mol. The van der Waals surface area contributed by atoms with Crippen LogP contribution in [0.25, 0.3) is 6.08 Å². The zero-order chi connectivity index (χ0) is 40.6. The molecule has 3 aliphatic carbocycles. The van der Waals surface area contributed by atoms with Gasteiger partial charge in [-0.1, -0.05) is 50.6 Å². The number of carbonyl (C=O) groups excluding carboxylic acids is 4. The highest BCUT2D eigenvalue weighted by molar-refractivity contribution is 7.90. The number of nitrogens with one attached hydrogen (secondary N) is 1. The molecule has 1 aromatic heterocycles. The van der Waals surface area contributed by atoms with Crippen LogP contribution in [-0.4, -0.2) is 78.0 Å². The van der Waals surface area contributed by atoms with Crippen molar-refractivity contribution in [3.8, 4) is 11.6 Å². The van der Waals surface area contributed by atoms with Crippen LogP contribution in [0.15, 0.2) is 36.6 Å². The normalized spacial score (nSPS) is 30.2. The molecular formula is C43H59N3O9S. The number of nitrogens with zero attached hydrogens (tertiary/aromatic N) is 2. The number of fused-ring (bicyclic) bond motifs is 3. The molecule has 1 saturated heterocycles. The highest BCUT2D eigenvalue weighted by Crippen LogP contribution is 2.57. The maximum atomic E-state index is 15.0. The van der Waals surface area contributed by atoms with Gasteiger partial charge in [0.2, 0.25) is 27.7 Å². The van der Waals surface area contributed by atoms with E-state index in [4.69, 9.17) is 14.2 Å². The van der Waals surface area contributed by atoms with Gasteiger partial charge in [-0.15, -0.1) is 0 Å². The van der Waals surface area contributed by atoms with E-state index in [0.717, 1.165) is 29.5 Å². The lowest BCUT2D eigenvalue weighted by Gasteiger charge is -2.33. The molecule has 0 radical (unpaired) electrons. The third-order valence-electron chi connectivity index (χ3n) is 11.9. The Hall–Kier alpha value is -4.00. The first kappa shape index (κ1) is 41.6. The van der Waals surface area contributed by atoms with Gasteiger partial charge >= 0.3 is 5.97 Å². The average molecular weight is 794 g/mol. The molecule has 13 heteroatoms. The van der Waals surface area contributed by atoms with Gasteiger partial charge in [0.15, 0.2) is 5.78 Å². The number of Topliss-reactive ketones (excluding diaryl/α,β-unsaturated/α-hetero) is 1. The van der Waals surface area contributed by atoms with Crippen molar-refractivity contribution >= 4 is 39.7 Å². The van der Waals surface area contributed by atoms with Gasteiger partial charge in [0.05, 0.1) is 48.4 Å². The second-order valence-electron chi connectivity index (χ2n) is 17.6. The molecule has 1 aromatic rings. The van der Waals surface area contributed by atoms with Crippen molar-refractivity contribution in [1.82, 2.24) is 14.6 Å². The van der Waals surface area contributed by atoms with Gasteiger partial charge in [-0.25, -0.2) is 13.4 Å². The van der Waals surface area contributed by atoms with Crippen LogP contribution in [0.1, 0.15) is 117 Å². The molecule has 5 aliphatic rings. The smallest absolute Gasteiger partial charge is 0.307 e. The van der Waals surface area contributed by atoms with Gasteiger partial charge in [-0.05, 0) is 90.0 Å². The summed E-state index contributed by atoms with van der Waals surface area (Å²) < 4.78 is 46.4. The molecule has 3 fully saturated rings. The Morgan fingerprint density at radius 2 is 1.86 bits per heavy atom. The van der Waals surface area contributed by atoms with Gasteiger partial charge in [0.25, 0.3) is 0 Å². The van der Waals surface area contributed by atoms with Crippen LogP contribution in [-0.2, 0) is 40.4 Å². The fraction of sp³-hybridized carbons (Fsp3) is 0.651. The largest absolute Gasteiger partial charge is 0.492 e. The van der Waals surface area contributed by atoms with Crippen LogP contribution in [0.3, 0.4) is 0 Å². The van der Waals surface area contributed by atoms with Gasteiger partial charge in [-0.2, -0.15) is 0 Å². The number of carbonyl (C=O) groups is 4. The van der Waals surface area contributed by atoms with Gasteiger partial charge in [0, 0.05) is 30.4 Å². The lowest BCUT2D eigenvalue weighted by Crippen LogP contribution is -2.48. The van der Waals surface area contributed by atoms with E-state index in [9.17, 15) is 22.8 Å². The fourth-order valence-corrected chi connectivity index (χ4v) is 10.1. The summed E-state index contributed by atoms with van der Waals surface area (Å²) in [6.45, 7) is 16.1. The predicted octanol–water partition coefficient (Wildman–Crippen LogP) is 6.28. The Kier molecular flexibility index (Phi) is 12.2. The Bertz CT molecular complexity index is 1890. The summed E-state index contributed by atoms with van der Waals surface area (Å²) >= 11 is 0. The number of pyridine rings is 1. The molecule has 7 atom stereocenters. The lowest BCUT2D eigenvalue weighted by atomic mass is 9.79. The maximum absolute atomic E-state index is 15.0. The molecule has 2 aliphatic heterocycles. The second kappa shape index (κ2) is 16.5. The molecule has 0 bridgehead atoms. The lowest BCUT2D eigenvalue weighted by molar-refractivity contribution is -0.160. The minimum atomic E-state index is -3.86. The Morgan fingerprint density at radius 1 is 1.11 bits per heavy atom. The SMILES string of the molecule is C=C1C=Cc2c(O[C@@H]3C[C@H]4C(=O)C[C@]5(C(=O)NS(=O)(=O)C6CC6)C[C@H]5/C=C\CC[C@@H](C)C[C@@H](CC)[C@H](CC(=O)OC(C)(C)C)C(=O)N4C3)ncc(OCC)c2C1. The van der Waals surface area contributed by atoms with Gasteiger partial charge < -0.3 is 19.1 Å². The zero-order valence-corrected chi connectivity index (χ0v) is 34.6. The van der Waals surface area contributed by atoms with E-state index in [1.54, 1.807) is 31.9 Å². The summed E-state index contributed by atoms with van der Waals surface area (Å²) in [6.07, 6.45) is 13.3. The Morgan fingerprint density at radius 3 is 2.54 bits per heavy atom. The van der Waals surface area contributed by atoms with Crippen LogP contribution >= 0.6 is 0 Å². The minimum Gasteiger partial charge on any atom is -0.492 e. The number of allylic oxidation sites excluding steroid dienone is 4. The number of amides is 2. The molecule has 2 saturated carbocycles. The third kappa shape index (κ3) is 9.40. The number of sulfonamides is 1. The first-order valence-electron chi connectivity index (χ1n) is 20.4. The molecule has 0 unspecified atom stereocenters. The van der Waals surface area contributed by atoms with E-state index in [0.29, 0.717) is 56.8 Å². The summed E-state index contributed by atoms with van der Waals surface area (Å²) in [7, 11) is -3.86. The molecule has 0 spiro atoms. The topological polar surface area (TPSA) is 158 Å². The first-order valence-corrected chi connectivity index (χ1v) is 21.9. The zero-order valence-electron chi connectivity index (χ0n) is 33.8. The van der Waals surface area contributed by atoms with Crippen LogP contribution in [0.2, 0.25) is 0 Å². The molecule has 306 valence electrons. The number of rotatable bonds is 10. The van der Waals surface area contributed by atoms with Crippen molar-refractivity contribution in [3.05, 3.63) is 47.7 Å².